The van der Waals surface area contributed by atoms with Crippen molar-refractivity contribution < 1.29 is 4.79 Å². The zero-order valence-corrected chi connectivity index (χ0v) is 12.7. The molecule has 0 radical (unpaired) electrons. The Kier molecular flexibility index (Phi) is 3.93. The van der Waals surface area contributed by atoms with Gasteiger partial charge in [0.1, 0.15) is 0 Å². The first-order valence-electron chi connectivity index (χ1n) is 4.74. The maximum Gasteiger partial charge on any atom is 0.204 e. The fourth-order valence-electron chi connectivity index (χ4n) is 1.40. The van der Waals surface area contributed by atoms with Crippen LogP contribution in [0, 0.1) is 6.92 Å². The van der Waals surface area contributed by atoms with E-state index in [-0.39, 0.29) is 5.78 Å². The lowest BCUT2D eigenvalue weighted by molar-refractivity contribution is 0.104. The Morgan fingerprint density at radius 1 is 1.24 bits per heavy atom. The van der Waals surface area contributed by atoms with E-state index in [2.05, 4.69) is 15.9 Å². The molecule has 0 bridgehead atoms. The fraction of sp³-hybridized carbons (Fsp3) is 0.0833. The minimum absolute atomic E-state index is 0.104. The van der Waals surface area contributed by atoms with E-state index in [0.717, 1.165) is 9.35 Å². The molecule has 2 aromatic rings. The number of carbonyl (C=O) groups excluding carboxylic acids is 1. The van der Waals surface area contributed by atoms with Crippen molar-refractivity contribution in [3.8, 4) is 0 Å². The van der Waals surface area contributed by atoms with Crippen molar-refractivity contribution in [2.45, 2.75) is 6.92 Å². The molecule has 17 heavy (non-hydrogen) atoms. The molecular formula is C12H7BrCl2OS. The quantitative estimate of drug-likeness (QED) is 0.667. The van der Waals surface area contributed by atoms with Gasteiger partial charge in [0, 0.05) is 5.56 Å². The van der Waals surface area contributed by atoms with Gasteiger partial charge in [-0.15, -0.1) is 11.3 Å². The molecule has 1 aromatic carbocycles. The predicted octanol–water partition coefficient (Wildman–Crippen LogP) is 5.36. The van der Waals surface area contributed by atoms with E-state index in [1.165, 1.54) is 11.3 Å². The molecule has 5 heteroatoms. The summed E-state index contributed by atoms with van der Waals surface area (Å²) in [5, 5.41) is 1.01. The monoisotopic (exact) mass is 348 g/mol. The van der Waals surface area contributed by atoms with Gasteiger partial charge in [0.25, 0.3) is 0 Å². The summed E-state index contributed by atoms with van der Waals surface area (Å²) in [5.74, 6) is -0.104. The lowest BCUT2D eigenvalue weighted by Crippen LogP contribution is -1.99. The highest BCUT2D eigenvalue weighted by molar-refractivity contribution is 9.11. The number of halogens is 3. The molecule has 0 amide bonds. The van der Waals surface area contributed by atoms with Gasteiger partial charge >= 0.3 is 0 Å². The number of carbonyl (C=O) groups is 1. The van der Waals surface area contributed by atoms with Crippen LogP contribution in [0.5, 0.6) is 0 Å². The van der Waals surface area contributed by atoms with E-state index < -0.39 is 0 Å². The van der Waals surface area contributed by atoms with Gasteiger partial charge < -0.3 is 0 Å². The number of thiophene rings is 1. The summed E-state index contributed by atoms with van der Waals surface area (Å²) in [6, 6.07) is 7.03. The van der Waals surface area contributed by atoms with Gasteiger partial charge in [0.15, 0.2) is 0 Å². The topological polar surface area (TPSA) is 17.1 Å². The van der Waals surface area contributed by atoms with Gasteiger partial charge in [-0.2, -0.15) is 0 Å². The molecule has 0 aliphatic rings. The Morgan fingerprint density at radius 3 is 2.47 bits per heavy atom. The molecule has 0 unspecified atom stereocenters. The molecule has 88 valence electrons. The summed E-state index contributed by atoms with van der Waals surface area (Å²) in [4.78, 5) is 12.8. The summed E-state index contributed by atoms with van der Waals surface area (Å²) >= 11 is 16.6. The first-order chi connectivity index (χ1) is 7.99. The van der Waals surface area contributed by atoms with Gasteiger partial charge in [-0.25, -0.2) is 0 Å². The predicted molar refractivity (Wildman–Crippen MR) is 76.7 cm³/mol. The Labute approximate surface area is 121 Å². The molecule has 0 spiro atoms. The summed E-state index contributed by atoms with van der Waals surface area (Å²) in [6.45, 7) is 1.93. The minimum atomic E-state index is -0.104. The Morgan fingerprint density at radius 2 is 1.94 bits per heavy atom. The molecule has 0 saturated heterocycles. The number of rotatable bonds is 2. The van der Waals surface area contributed by atoms with Crippen molar-refractivity contribution >= 4 is 56.3 Å². The second-order valence-electron chi connectivity index (χ2n) is 3.54. The third-order valence-electron chi connectivity index (χ3n) is 2.24. The number of aryl methyl sites for hydroxylation is 1. The number of hydrogen-bond acceptors (Lipinski definition) is 2. The molecule has 1 heterocycles. The van der Waals surface area contributed by atoms with Crippen molar-refractivity contribution in [1.29, 1.82) is 0 Å². The van der Waals surface area contributed by atoms with Crippen molar-refractivity contribution in [1.82, 2.24) is 0 Å². The Balaban J connectivity index is 2.43. The van der Waals surface area contributed by atoms with Crippen molar-refractivity contribution in [2.75, 3.05) is 0 Å². The molecule has 1 nitrogen and oxygen atoms in total. The van der Waals surface area contributed by atoms with E-state index in [1.807, 2.05) is 13.0 Å². The molecule has 2 rings (SSSR count). The highest BCUT2D eigenvalue weighted by atomic mass is 79.9. The fourth-order valence-corrected chi connectivity index (χ4v) is 3.37. The summed E-state index contributed by atoms with van der Waals surface area (Å²) in [7, 11) is 0. The van der Waals surface area contributed by atoms with Crippen LogP contribution >= 0.6 is 50.5 Å². The van der Waals surface area contributed by atoms with Crippen LogP contribution in [-0.2, 0) is 0 Å². The van der Waals surface area contributed by atoms with Gasteiger partial charge in [-0.1, -0.05) is 29.3 Å². The first kappa shape index (κ1) is 13.1. The Bertz CT molecular complexity index is 573. The zero-order chi connectivity index (χ0) is 12.6. The maximum absolute atomic E-state index is 12.2. The van der Waals surface area contributed by atoms with Crippen molar-refractivity contribution in [3.05, 3.63) is 54.1 Å². The molecule has 0 saturated carbocycles. The minimum Gasteiger partial charge on any atom is -0.288 e. The van der Waals surface area contributed by atoms with Crippen LogP contribution in [0.15, 0.2) is 28.1 Å². The third-order valence-corrected chi connectivity index (χ3v) is 5.02. The largest absolute Gasteiger partial charge is 0.288 e. The smallest absolute Gasteiger partial charge is 0.204 e. The van der Waals surface area contributed by atoms with Crippen LogP contribution in [0.3, 0.4) is 0 Å². The van der Waals surface area contributed by atoms with Crippen molar-refractivity contribution in [3.63, 3.8) is 0 Å². The van der Waals surface area contributed by atoms with E-state index in [4.69, 9.17) is 23.2 Å². The number of ketones is 1. The van der Waals surface area contributed by atoms with Gasteiger partial charge in [-0.3, -0.25) is 4.79 Å². The molecule has 0 fully saturated rings. The average molecular weight is 350 g/mol. The van der Waals surface area contributed by atoms with Crippen LogP contribution in [-0.4, -0.2) is 5.78 Å². The van der Waals surface area contributed by atoms with Crippen LogP contribution in [0.4, 0.5) is 0 Å². The van der Waals surface area contributed by atoms with Gasteiger partial charge in [-0.05, 0) is 46.6 Å². The molecule has 0 aliphatic carbocycles. The van der Waals surface area contributed by atoms with Crippen molar-refractivity contribution in [2.24, 2.45) is 0 Å². The molecular weight excluding hydrogens is 343 g/mol. The summed E-state index contributed by atoms with van der Waals surface area (Å²) in [5.41, 5.74) is 1.53. The van der Waals surface area contributed by atoms with Gasteiger partial charge in [0.05, 0.1) is 18.7 Å². The number of benzene rings is 1. The highest BCUT2D eigenvalue weighted by Crippen LogP contribution is 2.34. The number of hydrogen-bond donors (Lipinski definition) is 0. The average Bonchev–Trinajstić information content (AvgIpc) is 2.58. The third kappa shape index (κ3) is 2.74. The SMILES string of the molecule is Cc1ccc(C(=O)c2cc(Cl)c(Br)s2)c(Cl)c1. The summed E-state index contributed by atoms with van der Waals surface area (Å²) < 4.78 is 0.755. The van der Waals surface area contributed by atoms with Crippen LogP contribution in [0.2, 0.25) is 10.0 Å². The van der Waals surface area contributed by atoms with E-state index in [1.54, 1.807) is 18.2 Å². The van der Waals surface area contributed by atoms with Gasteiger partial charge in [0.2, 0.25) is 5.78 Å². The van der Waals surface area contributed by atoms with E-state index >= 15 is 0 Å². The second-order valence-corrected chi connectivity index (χ2v) is 6.73. The lowest BCUT2D eigenvalue weighted by Gasteiger charge is -2.02. The molecule has 0 aliphatic heterocycles. The van der Waals surface area contributed by atoms with Crippen LogP contribution < -0.4 is 0 Å². The zero-order valence-electron chi connectivity index (χ0n) is 8.76. The van der Waals surface area contributed by atoms with Crippen LogP contribution in [0.1, 0.15) is 20.8 Å². The summed E-state index contributed by atoms with van der Waals surface area (Å²) in [6.07, 6.45) is 0. The maximum atomic E-state index is 12.2. The van der Waals surface area contributed by atoms with Crippen LogP contribution in [0.25, 0.3) is 0 Å². The van der Waals surface area contributed by atoms with E-state index in [9.17, 15) is 4.79 Å². The molecule has 0 atom stereocenters. The standard InChI is InChI=1S/C12H7BrCl2OS/c1-6-2-3-7(8(14)4-6)11(16)10-5-9(15)12(13)17-10/h2-5H,1H3. The lowest BCUT2D eigenvalue weighted by atomic mass is 10.1. The highest BCUT2D eigenvalue weighted by Gasteiger charge is 2.16. The second kappa shape index (κ2) is 5.11. The van der Waals surface area contributed by atoms with E-state index in [0.29, 0.717) is 20.5 Å². The normalized spacial score (nSPS) is 10.6. The first-order valence-corrected chi connectivity index (χ1v) is 7.11. The molecule has 0 N–H and O–H groups in total. The Hall–Kier alpha value is -0.350. The molecule has 1 aromatic heterocycles.